The molecule has 1 rings (SSSR count). The molecule has 1 N–H and O–H groups in total. The summed E-state index contributed by atoms with van der Waals surface area (Å²) in [6.07, 6.45) is 3.12. The molecule has 14 heavy (non-hydrogen) atoms. The van der Waals surface area contributed by atoms with E-state index in [0.717, 1.165) is 0 Å². The molecule has 4 heteroatoms. The van der Waals surface area contributed by atoms with E-state index >= 15 is 0 Å². The van der Waals surface area contributed by atoms with E-state index in [1.54, 1.807) is 18.3 Å². The lowest BCUT2D eigenvalue weighted by Crippen LogP contribution is -2.19. The molecular formula is C10H14N2O2. The topological polar surface area (TPSA) is 54.6 Å². The quantitative estimate of drug-likeness (QED) is 0.578. The van der Waals surface area contributed by atoms with Gasteiger partial charge in [-0.1, -0.05) is 20.8 Å². The molecule has 0 aliphatic heterocycles. The van der Waals surface area contributed by atoms with Gasteiger partial charge in [-0.25, -0.2) is 5.43 Å². The average Bonchev–Trinajstić information content (AvgIpc) is 2.53. The van der Waals surface area contributed by atoms with Gasteiger partial charge in [0, 0.05) is 6.21 Å². The van der Waals surface area contributed by atoms with E-state index in [4.69, 9.17) is 4.42 Å². The standard InChI is InChI=1S/C10H14N2O2/c1-10(2,3)7-11-12-9(13)8-5-4-6-14-8/h4-7H,1-3H3,(H,12,13)/b11-7+. The predicted octanol–water partition coefficient (Wildman–Crippen LogP) is 2.04. The molecule has 0 saturated heterocycles. The summed E-state index contributed by atoms with van der Waals surface area (Å²) in [5, 5.41) is 3.81. The highest BCUT2D eigenvalue weighted by Gasteiger charge is 2.08. The lowest BCUT2D eigenvalue weighted by Gasteiger charge is -2.09. The number of nitrogens with zero attached hydrogens (tertiary/aromatic N) is 1. The Balaban J connectivity index is 2.48. The van der Waals surface area contributed by atoms with Gasteiger partial charge in [-0.3, -0.25) is 4.79 Å². The number of amides is 1. The van der Waals surface area contributed by atoms with E-state index in [-0.39, 0.29) is 17.1 Å². The zero-order valence-corrected chi connectivity index (χ0v) is 8.57. The maximum absolute atomic E-state index is 11.3. The Labute approximate surface area is 83.0 Å². The largest absolute Gasteiger partial charge is 0.459 e. The van der Waals surface area contributed by atoms with Crippen LogP contribution in [0.15, 0.2) is 27.9 Å². The minimum atomic E-state index is -0.337. The highest BCUT2D eigenvalue weighted by molar-refractivity contribution is 5.91. The van der Waals surface area contributed by atoms with Crippen molar-refractivity contribution in [2.45, 2.75) is 20.8 Å². The summed E-state index contributed by atoms with van der Waals surface area (Å²) in [5.41, 5.74) is 2.33. The van der Waals surface area contributed by atoms with Crippen molar-refractivity contribution >= 4 is 12.1 Å². The van der Waals surface area contributed by atoms with Gasteiger partial charge in [0.25, 0.3) is 0 Å². The van der Waals surface area contributed by atoms with Crippen LogP contribution in [0.2, 0.25) is 0 Å². The first kappa shape index (κ1) is 10.5. The van der Waals surface area contributed by atoms with Gasteiger partial charge in [0.2, 0.25) is 0 Å². The molecule has 0 aliphatic carbocycles. The Morgan fingerprint density at radius 3 is 2.79 bits per heavy atom. The number of carbonyl (C=O) groups excluding carboxylic acids is 1. The van der Waals surface area contributed by atoms with Crippen molar-refractivity contribution in [3.63, 3.8) is 0 Å². The molecule has 0 fully saturated rings. The second-order valence-electron chi connectivity index (χ2n) is 4.04. The van der Waals surface area contributed by atoms with Crippen LogP contribution in [0.5, 0.6) is 0 Å². The van der Waals surface area contributed by atoms with E-state index in [1.165, 1.54) is 6.26 Å². The van der Waals surface area contributed by atoms with Crippen molar-refractivity contribution in [2.24, 2.45) is 10.5 Å². The van der Waals surface area contributed by atoms with Crippen LogP contribution >= 0.6 is 0 Å². The number of carbonyl (C=O) groups is 1. The molecule has 1 amide bonds. The van der Waals surface area contributed by atoms with Crippen LogP contribution in [0.3, 0.4) is 0 Å². The first-order chi connectivity index (χ1) is 6.49. The van der Waals surface area contributed by atoms with E-state index in [9.17, 15) is 4.79 Å². The van der Waals surface area contributed by atoms with Gasteiger partial charge in [-0.05, 0) is 17.5 Å². The molecule has 0 spiro atoms. The van der Waals surface area contributed by atoms with Gasteiger partial charge < -0.3 is 4.42 Å². The number of nitrogens with one attached hydrogen (secondary N) is 1. The summed E-state index contributed by atoms with van der Waals surface area (Å²) in [4.78, 5) is 11.3. The number of hydrogen-bond donors (Lipinski definition) is 1. The fourth-order valence-corrected chi connectivity index (χ4v) is 0.747. The first-order valence-corrected chi connectivity index (χ1v) is 4.37. The monoisotopic (exact) mass is 194 g/mol. The Bertz CT molecular complexity index is 320. The van der Waals surface area contributed by atoms with E-state index in [0.29, 0.717) is 0 Å². The summed E-state index contributed by atoms with van der Waals surface area (Å²) in [6, 6.07) is 3.24. The van der Waals surface area contributed by atoms with Gasteiger partial charge in [0.05, 0.1) is 6.26 Å². The second kappa shape index (κ2) is 4.09. The molecular weight excluding hydrogens is 180 g/mol. The third-order valence-corrected chi connectivity index (χ3v) is 1.36. The minimum Gasteiger partial charge on any atom is -0.459 e. The molecule has 1 heterocycles. The minimum absolute atomic E-state index is 0.0452. The van der Waals surface area contributed by atoms with Crippen LogP contribution in [0.4, 0.5) is 0 Å². The summed E-state index contributed by atoms with van der Waals surface area (Å²) in [5.74, 6) is -0.0773. The molecule has 0 atom stereocenters. The van der Waals surface area contributed by atoms with Crippen LogP contribution < -0.4 is 5.43 Å². The fraction of sp³-hybridized carbons (Fsp3) is 0.400. The number of furan rings is 1. The zero-order chi connectivity index (χ0) is 10.6. The molecule has 4 nitrogen and oxygen atoms in total. The van der Waals surface area contributed by atoms with Crippen molar-refractivity contribution in [3.05, 3.63) is 24.2 Å². The Morgan fingerprint density at radius 2 is 2.29 bits per heavy atom. The summed E-state index contributed by atoms with van der Waals surface area (Å²) >= 11 is 0. The smallest absolute Gasteiger partial charge is 0.307 e. The van der Waals surface area contributed by atoms with Crippen LogP contribution in [-0.4, -0.2) is 12.1 Å². The van der Waals surface area contributed by atoms with Gasteiger partial charge in [-0.2, -0.15) is 5.10 Å². The third kappa shape index (κ3) is 3.43. The molecule has 76 valence electrons. The molecule has 0 saturated carbocycles. The highest BCUT2D eigenvalue weighted by Crippen LogP contribution is 2.07. The second-order valence-corrected chi connectivity index (χ2v) is 4.04. The van der Waals surface area contributed by atoms with Crippen molar-refractivity contribution in [1.29, 1.82) is 0 Å². The highest BCUT2D eigenvalue weighted by atomic mass is 16.3. The fourth-order valence-electron chi connectivity index (χ4n) is 0.747. The Kier molecular flexibility index (Phi) is 3.06. The lowest BCUT2D eigenvalue weighted by atomic mass is 9.99. The van der Waals surface area contributed by atoms with Crippen LogP contribution in [0.25, 0.3) is 0 Å². The normalized spacial score (nSPS) is 11.9. The molecule has 1 aromatic heterocycles. The zero-order valence-electron chi connectivity index (χ0n) is 8.57. The van der Waals surface area contributed by atoms with E-state index in [2.05, 4.69) is 10.5 Å². The van der Waals surface area contributed by atoms with Gasteiger partial charge >= 0.3 is 5.91 Å². The van der Waals surface area contributed by atoms with Gasteiger partial charge in [0.1, 0.15) is 0 Å². The van der Waals surface area contributed by atoms with Gasteiger partial charge in [0.15, 0.2) is 5.76 Å². The van der Waals surface area contributed by atoms with Crippen molar-refractivity contribution < 1.29 is 9.21 Å². The molecule has 0 aliphatic rings. The Morgan fingerprint density at radius 1 is 1.57 bits per heavy atom. The molecule has 1 aromatic rings. The lowest BCUT2D eigenvalue weighted by molar-refractivity contribution is 0.0927. The summed E-state index contributed by atoms with van der Waals surface area (Å²) in [6.45, 7) is 5.99. The maximum Gasteiger partial charge on any atom is 0.307 e. The molecule has 0 aromatic carbocycles. The van der Waals surface area contributed by atoms with Gasteiger partial charge in [-0.15, -0.1) is 0 Å². The SMILES string of the molecule is CC(C)(C)/C=N/NC(=O)c1ccco1. The molecule has 0 unspecified atom stereocenters. The van der Waals surface area contributed by atoms with Crippen LogP contribution in [0, 0.1) is 5.41 Å². The van der Waals surface area contributed by atoms with Crippen LogP contribution in [0.1, 0.15) is 31.3 Å². The summed E-state index contributed by atoms with van der Waals surface area (Å²) in [7, 11) is 0. The summed E-state index contributed by atoms with van der Waals surface area (Å²) < 4.78 is 4.89. The maximum atomic E-state index is 11.3. The number of hydrazone groups is 1. The third-order valence-electron chi connectivity index (χ3n) is 1.36. The molecule has 0 radical (unpaired) electrons. The van der Waals surface area contributed by atoms with Crippen molar-refractivity contribution in [3.8, 4) is 0 Å². The van der Waals surface area contributed by atoms with Crippen LogP contribution in [-0.2, 0) is 0 Å². The van der Waals surface area contributed by atoms with E-state index in [1.807, 2.05) is 20.8 Å². The number of hydrogen-bond acceptors (Lipinski definition) is 3. The first-order valence-electron chi connectivity index (χ1n) is 4.37. The average molecular weight is 194 g/mol. The van der Waals surface area contributed by atoms with Crippen molar-refractivity contribution in [2.75, 3.05) is 0 Å². The number of rotatable bonds is 2. The molecule has 0 bridgehead atoms. The van der Waals surface area contributed by atoms with Crippen molar-refractivity contribution in [1.82, 2.24) is 5.43 Å². The Hall–Kier alpha value is -1.58. The van der Waals surface area contributed by atoms with E-state index < -0.39 is 0 Å². The predicted molar refractivity (Wildman–Crippen MR) is 54.1 cm³/mol.